The molecule has 0 aliphatic rings. The van der Waals surface area contributed by atoms with Gasteiger partial charge in [0.05, 0.1) is 0 Å². The lowest BCUT2D eigenvalue weighted by atomic mass is 10.1. The molecule has 0 bridgehead atoms. The second-order valence-electron chi connectivity index (χ2n) is 5.01. The Kier molecular flexibility index (Phi) is 7.22. The highest BCUT2D eigenvalue weighted by atomic mass is 79.9. The predicted octanol–water partition coefficient (Wildman–Crippen LogP) is 2.53. The standard InChI is InChI=1S/C15H20BrNO4/c1-10(2)11(3)17-14(18)8-21-15(19)9-20-13-6-4-5-12(16)7-13/h4-7,10-11H,8-9H2,1-3H3,(H,17,18)/t11-/m1/s1. The van der Waals surface area contributed by atoms with Crippen molar-refractivity contribution in [3.8, 4) is 5.75 Å². The maximum absolute atomic E-state index is 11.5. The van der Waals surface area contributed by atoms with Crippen molar-refractivity contribution in [1.82, 2.24) is 5.32 Å². The first-order valence-electron chi connectivity index (χ1n) is 6.72. The molecular formula is C15H20BrNO4. The van der Waals surface area contributed by atoms with Crippen LogP contribution in [0.3, 0.4) is 0 Å². The molecule has 116 valence electrons. The van der Waals surface area contributed by atoms with Crippen molar-refractivity contribution in [2.45, 2.75) is 26.8 Å². The SMILES string of the molecule is CC(C)[C@@H](C)NC(=O)COC(=O)COc1cccc(Br)c1. The minimum atomic E-state index is -0.581. The average molecular weight is 358 g/mol. The summed E-state index contributed by atoms with van der Waals surface area (Å²) >= 11 is 3.30. The molecule has 0 aromatic heterocycles. The fourth-order valence-electron chi connectivity index (χ4n) is 1.35. The van der Waals surface area contributed by atoms with Crippen LogP contribution >= 0.6 is 15.9 Å². The third-order valence-corrected chi connectivity index (χ3v) is 3.40. The highest BCUT2D eigenvalue weighted by Gasteiger charge is 2.13. The average Bonchev–Trinajstić information content (AvgIpc) is 2.42. The van der Waals surface area contributed by atoms with Crippen LogP contribution in [0.4, 0.5) is 0 Å². The first-order chi connectivity index (χ1) is 9.88. The van der Waals surface area contributed by atoms with Crippen LogP contribution in [0.5, 0.6) is 5.75 Å². The zero-order valence-electron chi connectivity index (χ0n) is 12.4. The molecule has 1 amide bonds. The topological polar surface area (TPSA) is 64.6 Å². The van der Waals surface area contributed by atoms with Gasteiger partial charge in [0.25, 0.3) is 5.91 Å². The van der Waals surface area contributed by atoms with Crippen molar-refractivity contribution in [2.24, 2.45) is 5.92 Å². The van der Waals surface area contributed by atoms with Gasteiger partial charge >= 0.3 is 5.97 Å². The summed E-state index contributed by atoms with van der Waals surface area (Å²) in [6.07, 6.45) is 0. The Morgan fingerprint density at radius 1 is 1.24 bits per heavy atom. The molecule has 0 fully saturated rings. The summed E-state index contributed by atoms with van der Waals surface area (Å²) < 4.78 is 11.0. The number of carbonyl (C=O) groups is 2. The molecule has 0 heterocycles. The van der Waals surface area contributed by atoms with E-state index in [1.807, 2.05) is 26.8 Å². The van der Waals surface area contributed by atoms with E-state index in [4.69, 9.17) is 9.47 Å². The summed E-state index contributed by atoms with van der Waals surface area (Å²) in [5.74, 6) is -0.0157. The Labute approximate surface area is 133 Å². The Hall–Kier alpha value is -1.56. The molecule has 0 spiro atoms. The second-order valence-corrected chi connectivity index (χ2v) is 5.92. The zero-order chi connectivity index (χ0) is 15.8. The van der Waals surface area contributed by atoms with Crippen molar-refractivity contribution in [3.05, 3.63) is 28.7 Å². The fourth-order valence-corrected chi connectivity index (χ4v) is 1.73. The van der Waals surface area contributed by atoms with Gasteiger partial charge in [0.1, 0.15) is 5.75 Å². The number of esters is 1. The maximum Gasteiger partial charge on any atom is 0.344 e. The van der Waals surface area contributed by atoms with E-state index >= 15 is 0 Å². The maximum atomic E-state index is 11.5. The summed E-state index contributed by atoms with van der Waals surface area (Å²) in [5.41, 5.74) is 0. The molecule has 1 N–H and O–H groups in total. The second kappa shape index (κ2) is 8.67. The Bertz CT molecular complexity index is 490. The third kappa shape index (κ3) is 7.13. The number of halogens is 1. The Balaban J connectivity index is 2.26. The van der Waals surface area contributed by atoms with Gasteiger partial charge < -0.3 is 14.8 Å². The molecule has 0 aliphatic heterocycles. The number of carbonyl (C=O) groups excluding carboxylic acids is 2. The van der Waals surface area contributed by atoms with E-state index in [2.05, 4.69) is 21.2 Å². The number of rotatable bonds is 7. The van der Waals surface area contributed by atoms with Gasteiger partial charge in [-0.25, -0.2) is 4.79 Å². The van der Waals surface area contributed by atoms with E-state index in [1.165, 1.54) is 0 Å². The lowest BCUT2D eigenvalue weighted by Gasteiger charge is -2.17. The van der Waals surface area contributed by atoms with E-state index in [-0.39, 0.29) is 25.2 Å². The Morgan fingerprint density at radius 3 is 2.57 bits per heavy atom. The third-order valence-electron chi connectivity index (χ3n) is 2.91. The van der Waals surface area contributed by atoms with Gasteiger partial charge in [0, 0.05) is 10.5 Å². The van der Waals surface area contributed by atoms with Crippen molar-refractivity contribution in [2.75, 3.05) is 13.2 Å². The largest absolute Gasteiger partial charge is 0.482 e. The van der Waals surface area contributed by atoms with Gasteiger partial charge in [0.15, 0.2) is 13.2 Å². The van der Waals surface area contributed by atoms with Gasteiger partial charge in [-0.05, 0) is 31.0 Å². The van der Waals surface area contributed by atoms with E-state index in [1.54, 1.807) is 18.2 Å². The molecule has 0 saturated carbocycles. The van der Waals surface area contributed by atoms with Crippen LogP contribution in [0.25, 0.3) is 0 Å². The van der Waals surface area contributed by atoms with E-state index in [9.17, 15) is 9.59 Å². The molecule has 0 aliphatic carbocycles. The van der Waals surface area contributed by atoms with Crippen molar-refractivity contribution in [1.29, 1.82) is 0 Å². The van der Waals surface area contributed by atoms with Crippen LogP contribution < -0.4 is 10.1 Å². The fraction of sp³-hybridized carbons (Fsp3) is 0.467. The predicted molar refractivity (Wildman–Crippen MR) is 83.0 cm³/mol. The molecule has 0 saturated heterocycles. The summed E-state index contributed by atoms with van der Waals surface area (Å²) in [4.78, 5) is 23.0. The van der Waals surface area contributed by atoms with Crippen LogP contribution in [-0.2, 0) is 14.3 Å². The monoisotopic (exact) mass is 357 g/mol. The summed E-state index contributed by atoms with van der Waals surface area (Å²) in [6, 6.07) is 7.16. The molecule has 5 nitrogen and oxygen atoms in total. The highest BCUT2D eigenvalue weighted by molar-refractivity contribution is 9.10. The van der Waals surface area contributed by atoms with Crippen LogP contribution in [0.1, 0.15) is 20.8 Å². The van der Waals surface area contributed by atoms with Crippen LogP contribution in [-0.4, -0.2) is 31.1 Å². The van der Waals surface area contributed by atoms with E-state index in [0.717, 1.165) is 4.47 Å². The number of hydrogen-bond acceptors (Lipinski definition) is 4. The molecule has 6 heteroatoms. The molecular weight excluding hydrogens is 338 g/mol. The van der Waals surface area contributed by atoms with Gasteiger partial charge in [-0.1, -0.05) is 35.8 Å². The van der Waals surface area contributed by atoms with Crippen molar-refractivity contribution >= 4 is 27.8 Å². The van der Waals surface area contributed by atoms with Gasteiger partial charge in [-0.15, -0.1) is 0 Å². The summed E-state index contributed by atoms with van der Waals surface area (Å²) in [7, 11) is 0. The lowest BCUT2D eigenvalue weighted by Crippen LogP contribution is -2.39. The van der Waals surface area contributed by atoms with E-state index < -0.39 is 5.97 Å². The number of benzene rings is 1. The van der Waals surface area contributed by atoms with Gasteiger partial charge in [-0.2, -0.15) is 0 Å². The number of ether oxygens (including phenoxy) is 2. The molecule has 0 unspecified atom stereocenters. The summed E-state index contributed by atoms with van der Waals surface area (Å²) in [6.45, 7) is 5.38. The molecule has 1 rings (SSSR count). The molecule has 1 aromatic carbocycles. The minimum absolute atomic E-state index is 0.0362. The van der Waals surface area contributed by atoms with Crippen LogP contribution in [0.2, 0.25) is 0 Å². The Morgan fingerprint density at radius 2 is 1.95 bits per heavy atom. The lowest BCUT2D eigenvalue weighted by molar-refractivity contribution is -0.150. The smallest absolute Gasteiger partial charge is 0.344 e. The quantitative estimate of drug-likeness (QED) is 0.761. The number of nitrogens with one attached hydrogen (secondary N) is 1. The van der Waals surface area contributed by atoms with Crippen LogP contribution in [0, 0.1) is 5.92 Å². The number of amides is 1. The normalized spacial score (nSPS) is 11.9. The first-order valence-corrected chi connectivity index (χ1v) is 7.51. The van der Waals surface area contributed by atoms with E-state index in [0.29, 0.717) is 11.7 Å². The molecule has 1 aromatic rings. The van der Waals surface area contributed by atoms with Crippen LogP contribution in [0.15, 0.2) is 28.7 Å². The van der Waals surface area contributed by atoms with Crippen molar-refractivity contribution in [3.63, 3.8) is 0 Å². The molecule has 1 atom stereocenters. The summed E-state index contributed by atoms with van der Waals surface area (Å²) in [5, 5.41) is 2.75. The van der Waals surface area contributed by atoms with Gasteiger partial charge in [0.2, 0.25) is 0 Å². The first kappa shape index (κ1) is 17.5. The minimum Gasteiger partial charge on any atom is -0.482 e. The zero-order valence-corrected chi connectivity index (χ0v) is 14.0. The van der Waals surface area contributed by atoms with Crippen molar-refractivity contribution < 1.29 is 19.1 Å². The molecule has 0 radical (unpaired) electrons. The molecule has 21 heavy (non-hydrogen) atoms. The van der Waals surface area contributed by atoms with Gasteiger partial charge in [-0.3, -0.25) is 4.79 Å². The number of hydrogen-bond donors (Lipinski definition) is 1. The highest BCUT2D eigenvalue weighted by Crippen LogP contribution is 2.17.